The van der Waals surface area contributed by atoms with Crippen molar-refractivity contribution in [2.45, 2.75) is 9.96 Å². The molecule has 1 aromatic rings. The molecule has 1 amide bonds. The van der Waals surface area contributed by atoms with Crippen LogP contribution in [0, 0.1) is 0 Å². The SMILES string of the molecule is COC(=O)c1ccc2c(c1)C(=O)NC(C(Cl)(Cl)Cl)N2. The smallest absolute Gasteiger partial charge is 0.337 e. The Balaban J connectivity index is 2.36. The van der Waals surface area contributed by atoms with Crippen LogP contribution in [0.15, 0.2) is 18.2 Å². The van der Waals surface area contributed by atoms with E-state index in [1.165, 1.54) is 19.2 Å². The molecule has 8 heteroatoms. The summed E-state index contributed by atoms with van der Waals surface area (Å²) >= 11 is 17.2. The summed E-state index contributed by atoms with van der Waals surface area (Å²) in [5.74, 6) is -0.963. The van der Waals surface area contributed by atoms with Gasteiger partial charge in [0.2, 0.25) is 3.79 Å². The van der Waals surface area contributed by atoms with Crippen molar-refractivity contribution in [2.75, 3.05) is 12.4 Å². The van der Waals surface area contributed by atoms with Gasteiger partial charge in [-0.3, -0.25) is 4.79 Å². The Morgan fingerprint density at radius 2 is 2.00 bits per heavy atom. The molecule has 102 valence electrons. The molecule has 2 N–H and O–H groups in total. The fourth-order valence-electron chi connectivity index (χ4n) is 1.67. The van der Waals surface area contributed by atoms with Crippen molar-refractivity contribution >= 4 is 52.4 Å². The predicted octanol–water partition coefficient (Wildman–Crippen LogP) is 2.32. The highest BCUT2D eigenvalue weighted by molar-refractivity contribution is 6.68. The van der Waals surface area contributed by atoms with Gasteiger partial charge in [0.25, 0.3) is 5.91 Å². The molecule has 0 aromatic heterocycles. The van der Waals surface area contributed by atoms with Crippen LogP contribution in [0.1, 0.15) is 20.7 Å². The summed E-state index contributed by atoms with van der Waals surface area (Å²) in [5.41, 5.74) is 1.03. The lowest BCUT2D eigenvalue weighted by atomic mass is 10.1. The van der Waals surface area contributed by atoms with E-state index in [0.717, 1.165) is 0 Å². The zero-order valence-electron chi connectivity index (χ0n) is 9.67. The lowest BCUT2D eigenvalue weighted by Gasteiger charge is -2.32. The molecule has 1 heterocycles. The highest BCUT2D eigenvalue weighted by Crippen LogP contribution is 2.34. The highest BCUT2D eigenvalue weighted by Gasteiger charge is 2.38. The first-order valence-electron chi connectivity index (χ1n) is 5.19. The third-order valence-electron chi connectivity index (χ3n) is 2.59. The summed E-state index contributed by atoms with van der Waals surface area (Å²) < 4.78 is 2.90. The Hall–Kier alpha value is -1.17. The van der Waals surface area contributed by atoms with Crippen molar-refractivity contribution in [3.63, 3.8) is 0 Å². The molecule has 0 bridgehead atoms. The van der Waals surface area contributed by atoms with E-state index >= 15 is 0 Å². The quantitative estimate of drug-likeness (QED) is 0.615. The summed E-state index contributed by atoms with van der Waals surface area (Å²) in [6.45, 7) is 0. The van der Waals surface area contributed by atoms with Crippen LogP contribution in [0.5, 0.6) is 0 Å². The Morgan fingerprint density at radius 1 is 1.32 bits per heavy atom. The molecule has 2 rings (SSSR count). The Labute approximate surface area is 124 Å². The minimum absolute atomic E-state index is 0.269. The number of rotatable bonds is 1. The average Bonchev–Trinajstić information content (AvgIpc) is 2.36. The third kappa shape index (κ3) is 2.88. The molecule has 19 heavy (non-hydrogen) atoms. The number of carbonyl (C=O) groups excluding carboxylic acids is 2. The summed E-state index contributed by atoms with van der Waals surface area (Å²) in [6, 6.07) is 4.49. The molecule has 0 spiro atoms. The Morgan fingerprint density at radius 3 is 2.58 bits per heavy atom. The van der Waals surface area contributed by atoms with Gasteiger partial charge in [0, 0.05) is 5.69 Å². The number of amides is 1. The van der Waals surface area contributed by atoms with Crippen molar-refractivity contribution < 1.29 is 14.3 Å². The van der Waals surface area contributed by atoms with Crippen molar-refractivity contribution in [1.82, 2.24) is 5.32 Å². The minimum atomic E-state index is -1.69. The van der Waals surface area contributed by atoms with Crippen LogP contribution in [0.2, 0.25) is 0 Å². The molecule has 1 aliphatic rings. The minimum Gasteiger partial charge on any atom is -0.465 e. The molecule has 0 radical (unpaired) electrons. The second kappa shape index (κ2) is 5.07. The van der Waals surface area contributed by atoms with Crippen LogP contribution in [-0.2, 0) is 4.74 Å². The van der Waals surface area contributed by atoms with Crippen molar-refractivity contribution in [3.8, 4) is 0 Å². The number of hydrogen-bond donors (Lipinski definition) is 2. The average molecular weight is 324 g/mol. The molecule has 1 aliphatic heterocycles. The van der Waals surface area contributed by atoms with Crippen LogP contribution in [0.25, 0.3) is 0 Å². The zero-order valence-corrected chi connectivity index (χ0v) is 11.9. The molecular weight excluding hydrogens is 314 g/mol. The topological polar surface area (TPSA) is 67.4 Å². The van der Waals surface area contributed by atoms with Gasteiger partial charge in [0.15, 0.2) is 0 Å². The molecule has 0 fully saturated rings. The van der Waals surface area contributed by atoms with Crippen molar-refractivity contribution in [3.05, 3.63) is 29.3 Å². The molecule has 5 nitrogen and oxygen atoms in total. The van der Waals surface area contributed by atoms with E-state index in [9.17, 15) is 9.59 Å². The number of fused-ring (bicyclic) bond motifs is 1. The predicted molar refractivity (Wildman–Crippen MR) is 72.9 cm³/mol. The van der Waals surface area contributed by atoms with Gasteiger partial charge in [-0.25, -0.2) is 4.79 Å². The second-order valence-electron chi connectivity index (χ2n) is 3.84. The zero-order chi connectivity index (χ0) is 14.2. The van der Waals surface area contributed by atoms with Gasteiger partial charge in [-0.15, -0.1) is 0 Å². The molecule has 0 saturated carbocycles. The van der Waals surface area contributed by atoms with Crippen LogP contribution in [-0.4, -0.2) is 28.9 Å². The molecular formula is C11H9Cl3N2O3. The van der Waals surface area contributed by atoms with Gasteiger partial charge < -0.3 is 15.4 Å². The lowest BCUT2D eigenvalue weighted by molar-refractivity contribution is 0.0601. The largest absolute Gasteiger partial charge is 0.465 e. The number of benzene rings is 1. The number of halogens is 3. The van der Waals surface area contributed by atoms with Gasteiger partial charge in [-0.2, -0.15) is 0 Å². The maximum Gasteiger partial charge on any atom is 0.337 e. The van der Waals surface area contributed by atoms with Gasteiger partial charge in [-0.1, -0.05) is 34.8 Å². The number of alkyl halides is 3. The van der Waals surface area contributed by atoms with E-state index in [-0.39, 0.29) is 11.1 Å². The van der Waals surface area contributed by atoms with E-state index in [4.69, 9.17) is 34.8 Å². The van der Waals surface area contributed by atoms with Crippen molar-refractivity contribution in [1.29, 1.82) is 0 Å². The third-order valence-corrected chi connectivity index (χ3v) is 3.24. The summed E-state index contributed by atoms with van der Waals surface area (Å²) in [5, 5.41) is 5.37. The number of esters is 1. The van der Waals surface area contributed by atoms with E-state index < -0.39 is 21.8 Å². The van der Waals surface area contributed by atoms with Crippen LogP contribution >= 0.6 is 34.8 Å². The first-order valence-corrected chi connectivity index (χ1v) is 6.33. The van der Waals surface area contributed by atoms with Crippen LogP contribution in [0.3, 0.4) is 0 Å². The number of anilines is 1. The second-order valence-corrected chi connectivity index (χ2v) is 6.21. The molecule has 1 unspecified atom stereocenters. The molecule has 1 atom stereocenters. The van der Waals surface area contributed by atoms with E-state index in [1.807, 2.05) is 0 Å². The van der Waals surface area contributed by atoms with Gasteiger partial charge in [-0.05, 0) is 18.2 Å². The normalized spacial score (nSPS) is 18.1. The first kappa shape index (κ1) is 14.2. The fraction of sp³-hybridized carbons (Fsp3) is 0.273. The lowest BCUT2D eigenvalue weighted by Crippen LogP contribution is -2.52. The molecule has 0 saturated heterocycles. The highest BCUT2D eigenvalue weighted by atomic mass is 35.6. The fourth-order valence-corrected chi connectivity index (χ4v) is 1.99. The number of hydrogen-bond acceptors (Lipinski definition) is 4. The number of nitrogens with one attached hydrogen (secondary N) is 2. The van der Waals surface area contributed by atoms with E-state index in [0.29, 0.717) is 5.69 Å². The maximum atomic E-state index is 11.9. The van der Waals surface area contributed by atoms with E-state index in [2.05, 4.69) is 15.4 Å². The maximum absolute atomic E-state index is 11.9. The van der Waals surface area contributed by atoms with Crippen LogP contribution < -0.4 is 10.6 Å². The Bertz CT molecular complexity index is 542. The monoisotopic (exact) mass is 322 g/mol. The van der Waals surface area contributed by atoms with Gasteiger partial charge in [0.1, 0.15) is 6.17 Å². The first-order chi connectivity index (χ1) is 8.82. The van der Waals surface area contributed by atoms with Crippen LogP contribution in [0.4, 0.5) is 5.69 Å². The Kier molecular flexibility index (Phi) is 3.80. The van der Waals surface area contributed by atoms with Gasteiger partial charge in [0.05, 0.1) is 18.2 Å². The molecule has 0 aliphatic carbocycles. The van der Waals surface area contributed by atoms with E-state index in [1.54, 1.807) is 6.07 Å². The number of methoxy groups -OCH3 is 1. The number of ether oxygens (including phenoxy) is 1. The van der Waals surface area contributed by atoms with Crippen molar-refractivity contribution in [2.24, 2.45) is 0 Å². The summed E-state index contributed by atoms with van der Waals surface area (Å²) in [6.07, 6.45) is -0.846. The standard InChI is InChI=1S/C11H9Cl3N2O3/c1-19-9(18)5-2-3-7-6(4-5)8(17)16-10(15-7)11(12,13)14/h2-4,10,15H,1H3,(H,16,17). The molecule has 1 aromatic carbocycles. The summed E-state index contributed by atoms with van der Waals surface area (Å²) in [4.78, 5) is 23.3. The summed E-state index contributed by atoms with van der Waals surface area (Å²) in [7, 11) is 1.26. The number of carbonyl (C=O) groups is 2. The van der Waals surface area contributed by atoms with Gasteiger partial charge >= 0.3 is 5.97 Å².